The Hall–Kier alpha value is 0.0418. The maximum absolute atomic E-state index is 5.56. The fraction of sp³-hybridized carbons (Fsp3) is 1.00. The molecule has 0 aliphatic rings. The van der Waals surface area contributed by atoms with Crippen molar-refractivity contribution in [1.29, 1.82) is 0 Å². The summed E-state index contributed by atoms with van der Waals surface area (Å²) in [7, 11) is -1.07. The second kappa shape index (κ2) is 36.1. The molecule has 0 saturated carbocycles. The molecule has 0 amide bonds. The van der Waals surface area contributed by atoms with Gasteiger partial charge in [0.25, 0.3) is 8.56 Å². The number of rotatable bonds is 2. The Morgan fingerprint density at radius 1 is 0.737 bits per heavy atom. The van der Waals surface area contributed by atoms with Crippen LogP contribution in [0.15, 0.2) is 0 Å². The molecule has 0 fully saturated rings. The molecule has 0 heterocycles. The number of hydrogen-bond acceptors (Lipinski definition) is 6. The maximum Gasteiger partial charge on any atom is 0.387 e. The lowest BCUT2D eigenvalue weighted by molar-refractivity contribution is 0.753. The van der Waals surface area contributed by atoms with Crippen molar-refractivity contribution >= 4 is 15.7 Å². The first-order chi connectivity index (χ1) is 3.85. The zero-order valence-electron chi connectivity index (χ0n) is 6.54. The van der Waals surface area contributed by atoms with E-state index in [9.17, 15) is 0 Å². The molecule has 0 atom stereocenters. The lowest BCUT2D eigenvalue weighted by Gasteiger charge is -2.28. The van der Waals surface area contributed by atoms with Gasteiger partial charge in [0.2, 0.25) is 0 Å². The van der Waals surface area contributed by atoms with E-state index in [-0.39, 0.29) is 73.0 Å². The van der Waals surface area contributed by atoms with Gasteiger partial charge in [-0.15, -0.1) is 0 Å². The highest BCUT2D eigenvalue weighted by molar-refractivity contribution is 6.78. The van der Waals surface area contributed by atoms with E-state index in [2.05, 4.69) is 0 Å². The molecule has 0 spiro atoms. The number of hydrogen-bond donors (Lipinski definition) is 5. The normalized spacial score (nSPS) is 5.84. The van der Waals surface area contributed by atoms with Crippen molar-refractivity contribution in [3.8, 4) is 0 Å². The minimum Gasteiger partial charge on any atom is -0.344 e. The molecule has 0 aromatic carbocycles. The molecule has 0 aromatic heterocycles. The summed E-state index contributed by atoms with van der Waals surface area (Å²) in [6, 6.07) is 0. The van der Waals surface area contributed by atoms with Crippen molar-refractivity contribution in [2.75, 3.05) is 7.05 Å². The van der Waals surface area contributed by atoms with Gasteiger partial charge >= 0.3 is 7.12 Å². The lowest BCUT2D eigenvalue weighted by atomic mass is 10.0. The highest BCUT2D eigenvalue weighted by atomic mass is 28.4. The van der Waals surface area contributed by atoms with Crippen LogP contribution in [0.25, 0.3) is 0 Å². The first-order valence-electron chi connectivity index (χ1n) is 2.67. The topological polar surface area (TPSA) is 142 Å². The summed E-state index contributed by atoms with van der Waals surface area (Å²) in [6.45, 7) is 1.76. The Morgan fingerprint density at radius 3 is 0.895 bits per heavy atom. The zero-order chi connectivity index (χ0) is 7.65. The van der Waals surface area contributed by atoms with E-state index in [0.29, 0.717) is 0 Å². The molecule has 19 heavy (non-hydrogen) atoms. The van der Waals surface area contributed by atoms with Gasteiger partial charge in [0.05, 0.1) is 0 Å². The predicted octanol–water partition coefficient (Wildman–Crippen LogP) is 3.19. The van der Waals surface area contributed by atoms with E-state index in [4.69, 9.17) is 22.1 Å². The largest absolute Gasteiger partial charge is 0.387 e. The molecule has 8 heteroatoms. The van der Waals surface area contributed by atoms with Crippen molar-refractivity contribution in [3.05, 3.63) is 0 Å². The molecule has 0 radical (unpaired) electrons. The van der Waals surface area contributed by atoms with Crippen LogP contribution in [0.3, 0.4) is 0 Å². The van der Waals surface area contributed by atoms with Gasteiger partial charge in [-0.1, -0.05) is 66.8 Å². The summed E-state index contributed by atoms with van der Waals surface area (Å²) in [5.41, 5.74) is 10.6. The summed E-state index contributed by atoms with van der Waals surface area (Å²) < 4.78 is 1.60. The summed E-state index contributed by atoms with van der Waals surface area (Å²) in [4.78, 5) is 0. The maximum atomic E-state index is 5.56. The fourth-order valence-corrected chi connectivity index (χ4v) is 0.964. The molecule has 0 unspecified atom stereocenters. The van der Waals surface area contributed by atoms with Crippen molar-refractivity contribution in [1.82, 2.24) is 10.6 Å². The summed E-state index contributed by atoms with van der Waals surface area (Å²) >= 11 is 0. The standard InChI is InChI=1S/C2H14BN5Si.9CH4.H3N/c1-8(3(4)5)9(2,6)7;;;;;;;;;;/h4-7H2,1-2H3;9*1H4;1H3. The summed E-state index contributed by atoms with van der Waals surface area (Å²) in [6.07, 6.45) is 0. The minimum atomic E-state index is -2.24. The molecule has 0 rings (SSSR count). The molecule has 0 bridgehead atoms. The van der Waals surface area contributed by atoms with Crippen molar-refractivity contribution in [3.63, 3.8) is 0 Å². The van der Waals surface area contributed by atoms with Crippen LogP contribution in [-0.2, 0) is 0 Å². The Labute approximate surface area is 129 Å². The predicted molar refractivity (Wildman–Crippen MR) is 107 cm³/mol. The highest BCUT2D eigenvalue weighted by Gasteiger charge is 2.27. The molecule has 0 aliphatic heterocycles. The van der Waals surface area contributed by atoms with Crippen LogP contribution >= 0.6 is 0 Å². The lowest BCUT2D eigenvalue weighted by Crippen LogP contribution is -2.73. The monoisotopic (exact) mass is 308 g/mol. The minimum absolute atomic E-state index is 0. The van der Waals surface area contributed by atoms with Crippen LogP contribution in [-0.4, -0.2) is 27.2 Å². The Balaban J connectivity index is -0.00000000711. The van der Waals surface area contributed by atoms with Crippen LogP contribution in [0.4, 0.5) is 0 Å². The quantitative estimate of drug-likeness (QED) is 0.496. The Bertz CT molecular complexity index is 102. The molecule has 134 valence electrons. The second-order valence-corrected chi connectivity index (χ2v) is 5.48. The van der Waals surface area contributed by atoms with Crippen LogP contribution in [0.5, 0.6) is 0 Å². The first-order valence-corrected chi connectivity index (χ1v) is 5.27. The van der Waals surface area contributed by atoms with Gasteiger partial charge in [0.15, 0.2) is 0 Å². The van der Waals surface area contributed by atoms with Gasteiger partial charge in [-0.2, -0.15) is 0 Å². The fourth-order valence-electron chi connectivity index (χ4n) is 0.321. The molecule has 0 aromatic rings. The van der Waals surface area contributed by atoms with Crippen molar-refractivity contribution in [2.45, 2.75) is 73.4 Å². The van der Waals surface area contributed by atoms with Gasteiger partial charge < -0.3 is 32.7 Å². The third-order valence-electron chi connectivity index (χ3n) is 1.21. The van der Waals surface area contributed by atoms with Gasteiger partial charge in [-0.3, -0.25) is 0 Å². The Morgan fingerprint density at radius 2 is 0.895 bits per heavy atom. The van der Waals surface area contributed by atoms with E-state index < -0.39 is 15.7 Å². The van der Waals surface area contributed by atoms with E-state index in [0.717, 1.165) is 0 Å². The SMILES string of the molecule is C.C.C.C.C.C.C.C.C.CN(B(N)N)[Si](C)(N)N.N. The average Bonchev–Trinajstić information content (AvgIpc) is 1.62. The van der Waals surface area contributed by atoms with Crippen molar-refractivity contribution in [2.24, 2.45) is 22.1 Å². The van der Waals surface area contributed by atoms with Gasteiger partial charge in [0.1, 0.15) is 0 Å². The van der Waals surface area contributed by atoms with E-state index in [1.165, 1.54) is 0 Å². The molecular weight excluding hydrogens is 255 g/mol. The Kier molecular flexibility index (Phi) is 182. The van der Waals surface area contributed by atoms with Crippen LogP contribution in [0.2, 0.25) is 6.55 Å². The van der Waals surface area contributed by atoms with Gasteiger partial charge in [-0.25, -0.2) is 0 Å². The van der Waals surface area contributed by atoms with E-state index in [1.54, 1.807) is 18.1 Å². The molecule has 11 N–H and O–H groups in total. The molecule has 0 aliphatic carbocycles. The van der Waals surface area contributed by atoms with Crippen LogP contribution in [0, 0.1) is 0 Å². The van der Waals surface area contributed by atoms with E-state index in [1.807, 2.05) is 0 Å². The van der Waals surface area contributed by atoms with Crippen LogP contribution < -0.4 is 28.2 Å². The van der Waals surface area contributed by atoms with Crippen molar-refractivity contribution < 1.29 is 0 Å². The third kappa shape index (κ3) is 46.0. The average molecular weight is 308 g/mol. The summed E-state index contributed by atoms with van der Waals surface area (Å²) in [5.74, 6) is 0. The molecule has 6 nitrogen and oxygen atoms in total. The smallest absolute Gasteiger partial charge is 0.344 e. The molecule has 0 saturated heterocycles. The van der Waals surface area contributed by atoms with E-state index >= 15 is 0 Å². The van der Waals surface area contributed by atoms with Gasteiger partial charge in [-0.05, 0) is 13.6 Å². The van der Waals surface area contributed by atoms with Gasteiger partial charge in [0, 0.05) is 0 Å². The summed E-state index contributed by atoms with van der Waals surface area (Å²) in [5, 5.41) is 11.1. The zero-order valence-corrected chi connectivity index (χ0v) is 7.54. The third-order valence-corrected chi connectivity index (χ3v) is 3.03. The highest BCUT2D eigenvalue weighted by Crippen LogP contribution is 1.87. The number of nitrogens with zero attached hydrogens (tertiary/aromatic N) is 1. The number of nitrogens with two attached hydrogens (primary N) is 4. The van der Waals surface area contributed by atoms with Crippen LogP contribution in [0.1, 0.15) is 66.8 Å². The molecular formula is C11H53BN6Si. The first kappa shape index (κ1) is 95.8. The second-order valence-electron chi connectivity index (χ2n) is 2.33.